The van der Waals surface area contributed by atoms with Crippen LogP contribution in [0.1, 0.15) is 36.3 Å². The van der Waals surface area contributed by atoms with Crippen LogP contribution in [-0.2, 0) is 20.8 Å². The number of allylic oxidation sites excluding steroid dienone is 2. The van der Waals surface area contributed by atoms with Crippen molar-refractivity contribution in [2.24, 2.45) is 0 Å². The fourth-order valence-corrected chi connectivity index (χ4v) is 4.23. The fraction of sp³-hybridized carbons (Fsp3) is 0.250. The lowest BCUT2D eigenvalue weighted by molar-refractivity contribution is -0.360. The van der Waals surface area contributed by atoms with Crippen molar-refractivity contribution in [2.75, 3.05) is 0 Å². The molecular weight excluding hydrogens is 409 g/mol. The smallest absolute Gasteiger partial charge is 0.394 e. The zero-order valence-corrected chi connectivity index (χ0v) is 16.4. The number of aromatic amines is 1. The number of aryl methyl sites for hydroxylation is 1. The van der Waals surface area contributed by atoms with Gasteiger partial charge in [0.25, 0.3) is 11.8 Å². The Kier molecular flexibility index (Phi) is 4.52. The van der Waals surface area contributed by atoms with E-state index in [0.29, 0.717) is 33.6 Å². The third-order valence-electron chi connectivity index (χ3n) is 5.66. The van der Waals surface area contributed by atoms with Gasteiger partial charge in [0.05, 0.1) is 0 Å². The van der Waals surface area contributed by atoms with E-state index in [2.05, 4.69) is 4.98 Å². The van der Waals surface area contributed by atoms with Crippen molar-refractivity contribution in [1.82, 2.24) is 14.5 Å². The van der Waals surface area contributed by atoms with Crippen molar-refractivity contribution in [2.45, 2.75) is 32.0 Å². The van der Waals surface area contributed by atoms with Crippen LogP contribution in [0.3, 0.4) is 0 Å². The van der Waals surface area contributed by atoms with Gasteiger partial charge in [-0.1, -0.05) is 0 Å². The minimum Gasteiger partial charge on any atom is -0.394 e. The van der Waals surface area contributed by atoms with Crippen molar-refractivity contribution in [3.63, 3.8) is 0 Å². The Morgan fingerprint density at radius 2 is 1.97 bits per heavy atom. The van der Waals surface area contributed by atoms with E-state index in [-0.39, 0.29) is 25.7 Å². The average Bonchev–Trinajstić information content (AvgIpc) is 3.50. The minimum absolute atomic E-state index is 0.0324. The molecule has 2 aromatic rings. The molecule has 1 atom stereocenters. The van der Waals surface area contributed by atoms with Crippen LogP contribution in [0.25, 0.3) is 6.08 Å². The van der Waals surface area contributed by atoms with E-state index in [9.17, 15) is 14.7 Å². The zero-order valence-electron chi connectivity index (χ0n) is 16.4. The van der Waals surface area contributed by atoms with Gasteiger partial charge in [0, 0.05) is 49.4 Å². The summed E-state index contributed by atoms with van der Waals surface area (Å²) >= 11 is 0. The number of hydroxylamine groups is 2. The third kappa shape index (κ3) is 3.17. The molecule has 0 aliphatic carbocycles. The van der Waals surface area contributed by atoms with Gasteiger partial charge in [-0.15, -0.1) is 0 Å². The largest absolute Gasteiger partial charge is 0.737 e. The van der Waals surface area contributed by atoms with E-state index in [1.807, 2.05) is 0 Å². The van der Waals surface area contributed by atoms with E-state index < -0.39 is 25.1 Å². The number of aliphatic hydroxyl groups is 1. The summed E-state index contributed by atoms with van der Waals surface area (Å²) in [7, 11) is 0. The molecule has 0 aromatic carbocycles. The Bertz CT molecular complexity index is 1150. The first-order chi connectivity index (χ1) is 14.9. The van der Waals surface area contributed by atoms with E-state index in [0.717, 1.165) is 8.96 Å². The van der Waals surface area contributed by atoms with Crippen LogP contribution >= 0.6 is 0 Å². The fourth-order valence-electron chi connectivity index (χ4n) is 4.23. The Morgan fingerprint density at radius 3 is 2.68 bits per heavy atom. The van der Waals surface area contributed by atoms with Gasteiger partial charge >= 0.3 is 6.97 Å². The van der Waals surface area contributed by atoms with Crippen molar-refractivity contribution in [3.8, 4) is 0 Å². The summed E-state index contributed by atoms with van der Waals surface area (Å²) in [5.41, 5.74) is 2.04. The predicted octanol–water partition coefficient (Wildman–Crippen LogP) is 1.80. The molecule has 5 rings (SSSR count). The number of carbonyl (C=O) groups is 2. The Labute approximate surface area is 175 Å². The number of nitrogens with zero attached hydrogens (tertiary/aromatic N) is 3. The first-order valence-electron chi connectivity index (χ1n) is 9.99. The van der Waals surface area contributed by atoms with E-state index in [1.54, 1.807) is 48.7 Å². The standard InChI is InChI=1S/C20H19BF2N4O4/c22-21(23)25-13(6-10-20(30)31-27-18(28)8-9-19(27)29)3-4-14(25)12-15-5-7-17(26(15)21)16-2-1-11-24-16/h1-5,7,11-12,20,24,30H,6,8-10H2. The van der Waals surface area contributed by atoms with Crippen molar-refractivity contribution < 1.29 is 32.7 Å². The molecule has 3 aliphatic rings. The number of hydrogen-bond acceptors (Lipinski definition) is 4. The van der Waals surface area contributed by atoms with Crippen molar-refractivity contribution >= 4 is 30.6 Å². The molecule has 0 saturated carbocycles. The quantitative estimate of drug-likeness (QED) is 0.417. The van der Waals surface area contributed by atoms with Crippen LogP contribution in [0.2, 0.25) is 0 Å². The topological polar surface area (TPSA) is 90.6 Å². The van der Waals surface area contributed by atoms with Crippen LogP contribution in [0.4, 0.5) is 8.63 Å². The van der Waals surface area contributed by atoms with Crippen LogP contribution < -0.4 is 0 Å². The molecule has 160 valence electrons. The van der Waals surface area contributed by atoms with Crippen LogP contribution in [0, 0.1) is 0 Å². The molecule has 2 aromatic heterocycles. The van der Waals surface area contributed by atoms with E-state index in [4.69, 9.17) is 4.84 Å². The summed E-state index contributed by atoms with van der Waals surface area (Å²) in [4.78, 5) is 31.2. The molecule has 0 radical (unpaired) electrons. The minimum atomic E-state index is -4.18. The number of fused-ring (bicyclic) bond motifs is 2. The van der Waals surface area contributed by atoms with Crippen molar-refractivity contribution in [1.29, 1.82) is 0 Å². The summed E-state index contributed by atoms with van der Waals surface area (Å²) in [6, 6.07) is 6.67. The number of H-pyrrole nitrogens is 1. The highest BCUT2D eigenvalue weighted by Crippen LogP contribution is 2.33. The number of amides is 2. The third-order valence-corrected chi connectivity index (χ3v) is 5.66. The molecule has 2 amide bonds. The molecule has 8 nitrogen and oxygen atoms in total. The van der Waals surface area contributed by atoms with E-state index >= 15 is 8.63 Å². The normalized spacial score (nSPS) is 20.4. The summed E-state index contributed by atoms with van der Waals surface area (Å²) in [5, 5.41) is 10.6. The molecule has 2 N–H and O–H groups in total. The highest BCUT2D eigenvalue weighted by molar-refractivity contribution is 6.58. The summed E-state index contributed by atoms with van der Waals surface area (Å²) in [5.74, 6) is -1.05. The predicted molar refractivity (Wildman–Crippen MR) is 107 cm³/mol. The molecule has 1 saturated heterocycles. The molecule has 3 aliphatic heterocycles. The average molecular weight is 428 g/mol. The van der Waals surface area contributed by atoms with Gasteiger partial charge in [-0.2, -0.15) is 5.06 Å². The first-order valence-corrected chi connectivity index (χ1v) is 9.99. The molecule has 11 heteroatoms. The second-order valence-corrected chi connectivity index (χ2v) is 7.63. The molecule has 0 spiro atoms. The number of aliphatic hydroxyl groups excluding tert-OH is 1. The SMILES string of the molecule is O=C1CCC(=O)N1OC(O)CCc1ccc2n1[B-](F)(F)[N+]1=C(c3ccc[nH]3)C=CC1=C2. The summed E-state index contributed by atoms with van der Waals surface area (Å²) in [6.45, 7) is -4.18. The van der Waals surface area contributed by atoms with Gasteiger partial charge in [-0.05, 0) is 36.4 Å². The van der Waals surface area contributed by atoms with Gasteiger partial charge < -0.3 is 27.7 Å². The van der Waals surface area contributed by atoms with Gasteiger partial charge in [0.2, 0.25) is 0 Å². The van der Waals surface area contributed by atoms with Gasteiger partial charge in [0.1, 0.15) is 5.69 Å². The lowest BCUT2D eigenvalue weighted by atomic mass is 9.90. The number of aromatic nitrogens is 2. The Hall–Kier alpha value is -3.31. The van der Waals surface area contributed by atoms with Gasteiger partial charge in [-0.3, -0.25) is 9.59 Å². The number of nitrogens with one attached hydrogen (secondary N) is 1. The Morgan fingerprint density at radius 1 is 1.19 bits per heavy atom. The van der Waals surface area contributed by atoms with Crippen LogP contribution in [-0.4, -0.2) is 54.9 Å². The lowest BCUT2D eigenvalue weighted by Gasteiger charge is -2.30. The van der Waals surface area contributed by atoms with Gasteiger partial charge in [0.15, 0.2) is 17.7 Å². The first kappa shape index (κ1) is 19.6. The number of imide groups is 1. The summed E-state index contributed by atoms with van der Waals surface area (Å²) < 4.78 is 33.4. The monoisotopic (exact) mass is 428 g/mol. The number of rotatable bonds is 6. The number of halogens is 2. The number of carbonyl (C=O) groups excluding carboxylic acids is 2. The zero-order chi connectivity index (χ0) is 21.8. The second kappa shape index (κ2) is 7.14. The molecule has 31 heavy (non-hydrogen) atoms. The highest BCUT2D eigenvalue weighted by atomic mass is 19.2. The Balaban J connectivity index is 1.39. The lowest BCUT2D eigenvalue weighted by Crippen LogP contribution is -2.51. The highest BCUT2D eigenvalue weighted by Gasteiger charge is 2.52. The molecule has 5 heterocycles. The maximum Gasteiger partial charge on any atom is 0.737 e. The van der Waals surface area contributed by atoms with Gasteiger partial charge in [-0.25, -0.2) is 4.84 Å². The second-order valence-electron chi connectivity index (χ2n) is 7.63. The molecular formula is C20H19BF2N4O4. The van der Waals surface area contributed by atoms with Crippen LogP contribution in [0.15, 0.2) is 48.3 Å². The summed E-state index contributed by atoms with van der Waals surface area (Å²) in [6.07, 6.45) is 5.27. The maximum atomic E-state index is 15.7. The maximum absolute atomic E-state index is 15.7. The van der Waals surface area contributed by atoms with Crippen LogP contribution in [0.5, 0.6) is 0 Å². The molecule has 1 unspecified atom stereocenters. The number of hydrogen-bond donors (Lipinski definition) is 2. The molecule has 0 bridgehead atoms. The van der Waals surface area contributed by atoms with Crippen molar-refractivity contribution in [3.05, 3.63) is 65.4 Å². The van der Waals surface area contributed by atoms with E-state index in [1.165, 1.54) is 0 Å². The molecule has 1 fully saturated rings.